The molecule has 2 heterocycles. The van der Waals surface area contributed by atoms with Crippen molar-refractivity contribution in [3.63, 3.8) is 0 Å². The van der Waals surface area contributed by atoms with Crippen LogP contribution in [0.4, 0.5) is 0 Å². The summed E-state index contributed by atoms with van der Waals surface area (Å²) in [7, 11) is 0. The van der Waals surface area contributed by atoms with E-state index in [1.165, 1.54) is 18.5 Å². The highest BCUT2D eigenvalue weighted by Gasteiger charge is 2.10. The third kappa shape index (κ3) is 9.23. The van der Waals surface area contributed by atoms with Gasteiger partial charge in [-0.1, -0.05) is 13.3 Å². The third-order valence-corrected chi connectivity index (χ3v) is 3.88. The molecule has 8 heteroatoms. The van der Waals surface area contributed by atoms with Crippen LogP contribution in [0, 0.1) is 0 Å². The molecule has 1 aliphatic rings. The molecule has 0 bridgehead atoms. The number of morpholine rings is 1. The SMILES string of the molecule is CCCCNCc1cccn1CCN1CCOCC1.O=C(O)C(=O)O. The monoisotopic (exact) mass is 355 g/mol. The molecule has 142 valence electrons. The predicted molar refractivity (Wildman–Crippen MR) is 93.6 cm³/mol. The van der Waals surface area contributed by atoms with Crippen LogP contribution in [0.3, 0.4) is 0 Å². The lowest BCUT2D eigenvalue weighted by atomic mass is 10.3. The molecule has 8 nitrogen and oxygen atoms in total. The average molecular weight is 355 g/mol. The van der Waals surface area contributed by atoms with Gasteiger partial charge in [0, 0.05) is 44.6 Å². The van der Waals surface area contributed by atoms with Crippen molar-refractivity contribution >= 4 is 11.9 Å². The summed E-state index contributed by atoms with van der Waals surface area (Å²) in [6.07, 6.45) is 4.71. The summed E-state index contributed by atoms with van der Waals surface area (Å²) in [5, 5.41) is 18.3. The van der Waals surface area contributed by atoms with Crippen molar-refractivity contribution in [2.45, 2.75) is 32.9 Å². The highest BCUT2D eigenvalue weighted by molar-refractivity contribution is 6.27. The molecule has 0 aromatic carbocycles. The van der Waals surface area contributed by atoms with E-state index in [9.17, 15) is 0 Å². The van der Waals surface area contributed by atoms with Crippen molar-refractivity contribution in [2.24, 2.45) is 0 Å². The topological polar surface area (TPSA) is 104 Å². The molecule has 0 atom stereocenters. The normalized spacial score (nSPS) is 14.6. The maximum atomic E-state index is 9.10. The molecule has 0 spiro atoms. The Labute approximate surface area is 148 Å². The van der Waals surface area contributed by atoms with Crippen molar-refractivity contribution in [1.82, 2.24) is 14.8 Å². The van der Waals surface area contributed by atoms with Crippen molar-refractivity contribution in [2.75, 3.05) is 39.4 Å². The quantitative estimate of drug-likeness (QED) is 0.469. The van der Waals surface area contributed by atoms with Crippen LogP contribution in [0.5, 0.6) is 0 Å². The van der Waals surface area contributed by atoms with Gasteiger partial charge in [0.1, 0.15) is 0 Å². The molecule has 0 unspecified atom stereocenters. The minimum atomic E-state index is -1.82. The lowest BCUT2D eigenvalue weighted by Crippen LogP contribution is -2.38. The first-order valence-corrected chi connectivity index (χ1v) is 8.65. The number of carboxylic acids is 2. The molecule has 1 aliphatic heterocycles. The lowest BCUT2D eigenvalue weighted by molar-refractivity contribution is -0.159. The highest BCUT2D eigenvalue weighted by Crippen LogP contribution is 2.04. The van der Waals surface area contributed by atoms with Gasteiger partial charge >= 0.3 is 11.9 Å². The van der Waals surface area contributed by atoms with Crippen LogP contribution in [0.2, 0.25) is 0 Å². The smallest absolute Gasteiger partial charge is 0.414 e. The number of hydrogen-bond acceptors (Lipinski definition) is 5. The summed E-state index contributed by atoms with van der Waals surface area (Å²) in [5.74, 6) is -3.65. The molecule has 25 heavy (non-hydrogen) atoms. The van der Waals surface area contributed by atoms with Gasteiger partial charge in [0.25, 0.3) is 0 Å². The van der Waals surface area contributed by atoms with Crippen LogP contribution in [0.25, 0.3) is 0 Å². The molecule has 1 saturated heterocycles. The van der Waals surface area contributed by atoms with Gasteiger partial charge in [-0.25, -0.2) is 9.59 Å². The third-order valence-electron chi connectivity index (χ3n) is 3.88. The summed E-state index contributed by atoms with van der Waals surface area (Å²) in [6.45, 7) is 10.5. The van der Waals surface area contributed by atoms with Crippen molar-refractivity contribution < 1.29 is 24.5 Å². The zero-order valence-electron chi connectivity index (χ0n) is 14.8. The lowest BCUT2D eigenvalue weighted by Gasteiger charge is -2.27. The van der Waals surface area contributed by atoms with Gasteiger partial charge in [0.2, 0.25) is 0 Å². The fourth-order valence-corrected chi connectivity index (χ4v) is 2.42. The maximum Gasteiger partial charge on any atom is 0.414 e. The Hall–Kier alpha value is -1.90. The molecule has 1 fully saturated rings. The van der Waals surface area contributed by atoms with Gasteiger partial charge in [-0.15, -0.1) is 0 Å². The number of ether oxygens (including phenoxy) is 1. The zero-order chi connectivity index (χ0) is 18.5. The minimum absolute atomic E-state index is 0.886. The van der Waals surface area contributed by atoms with Crippen LogP contribution in [-0.2, 0) is 27.4 Å². The Kier molecular flexibility index (Phi) is 10.5. The second kappa shape index (κ2) is 12.5. The molecule has 0 aliphatic carbocycles. The van der Waals surface area contributed by atoms with Crippen LogP contribution < -0.4 is 5.32 Å². The first-order chi connectivity index (χ1) is 12.0. The Bertz CT molecular complexity index is 500. The molecule has 3 N–H and O–H groups in total. The largest absolute Gasteiger partial charge is 0.473 e. The molecule has 1 aromatic heterocycles. The average Bonchev–Trinajstić information content (AvgIpc) is 3.06. The summed E-state index contributed by atoms with van der Waals surface area (Å²) in [4.78, 5) is 20.7. The van der Waals surface area contributed by atoms with E-state index in [0.29, 0.717) is 0 Å². The fraction of sp³-hybridized carbons (Fsp3) is 0.647. The zero-order valence-corrected chi connectivity index (χ0v) is 14.8. The number of nitrogens with one attached hydrogen (secondary N) is 1. The van der Waals surface area contributed by atoms with E-state index in [1.807, 2.05) is 0 Å². The Morgan fingerprint density at radius 2 is 1.88 bits per heavy atom. The van der Waals surface area contributed by atoms with Crippen molar-refractivity contribution in [1.29, 1.82) is 0 Å². The van der Waals surface area contributed by atoms with Gasteiger partial charge in [-0.05, 0) is 25.1 Å². The van der Waals surface area contributed by atoms with E-state index in [0.717, 1.165) is 52.5 Å². The minimum Gasteiger partial charge on any atom is -0.473 e. The molecule has 0 saturated carbocycles. The van der Waals surface area contributed by atoms with Gasteiger partial charge in [-0.2, -0.15) is 0 Å². The van der Waals surface area contributed by atoms with Gasteiger partial charge in [-0.3, -0.25) is 4.90 Å². The summed E-state index contributed by atoms with van der Waals surface area (Å²) in [5.41, 5.74) is 1.39. The number of carbonyl (C=O) groups is 2. The number of aliphatic carboxylic acids is 2. The van der Waals surface area contributed by atoms with Gasteiger partial charge in [0.05, 0.1) is 13.2 Å². The Balaban J connectivity index is 0.000000450. The number of carboxylic acid groups (broad SMARTS) is 2. The van der Waals surface area contributed by atoms with Crippen LogP contribution in [-0.4, -0.2) is 71.0 Å². The molecule has 0 radical (unpaired) electrons. The Morgan fingerprint density at radius 1 is 1.20 bits per heavy atom. The van der Waals surface area contributed by atoms with E-state index >= 15 is 0 Å². The standard InChI is InChI=1S/C15H27N3O.C2H2O4/c1-2-3-6-16-14-15-5-4-7-18(15)9-8-17-10-12-19-13-11-17;3-1(4)2(5)6/h4-5,7,16H,2-3,6,8-14H2,1H3;(H,3,4)(H,5,6). The van der Waals surface area contributed by atoms with Gasteiger partial charge < -0.3 is 24.8 Å². The van der Waals surface area contributed by atoms with Crippen LogP contribution in [0.1, 0.15) is 25.5 Å². The van der Waals surface area contributed by atoms with Crippen LogP contribution >= 0.6 is 0 Å². The molecule has 1 aromatic rings. The second-order valence-corrected chi connectivity index (χ2v) is 5.79. The highest BCUT2D eigenvalue weighted by atomic mass is 16.5. The number of nitrogens with zero attached hydrogens (tertiary/aromatic N) is 2. The summed E-state index contributed by atoms with van der Waals surface area (Å²) in [6, 6.07) is 4.37. The molecular weight excluding hydrogens is 326 g/mol. The van der Waals surface area contributed by atoms with E-state index in [4.69, 9.17) is 24.5 Å². The fourth-order valence-electron chi connectivity index (χ4n) is 2.42. The number of unbranched alkanes of at least 4 members (excludes halogenated alkanes) is 1. The predicted octanol–water partition coefficient (Wildman–Crippen LogP) is 0.866. The number of aromatic nitrogens is 1. The first-order valence-electron chi connectivity index (χ1n) is 8.65. The number of hydrogen-bond donors (Lipinski definition) is 3. The molecule has 2 rings (SSSR count). The second-order valence-electron chi connectivity index (χ2n) is 5.79. The van der Waals surface area contributed by atoms with E-state index < -0.39 is 11.9 Å². The maximum absolute atomic E-state index is 9.10. The number of rotatable bonds is 8. The molecule has 0 amide bonds. The van der Waals surface area contributed by atoms with E-state index in [-0.39, 0.29) is 0 Å². The summed E-state index contributed by atoms with van der Waals surface area (Å²) >= 11 is 0. The van der Waals surface area contributed by atoms with E-state index in [2.05, 4.69) is 40.0 Å². The van der Waals surface area contributed by atoms with E-state index in [1.54, 1.807) is 0 Å². The van der Waals surface area contributed by atoms with Crippen molar-refractivity contribution in [3.05, 3.63) is 24.0 Å². The Morgan fingerprint density at radius 3 is 2.48 bits per heavy atom. The molecular formula is C17H29N3O5. The summed E-state index contributed by atoms with van der Waals surface area (Å²) < 4.78 is 7.75. The van der Waals surface area contributed by atoms with Crippen molar-refractivity contribution in [3.8, 4) is 0 Å². The van der Waals surface area contributed by atoms with Crippen LogP contribution in [0.15, 0.2) is 18.3 Å². The van der Waals surface area contributed by atoms with Gasteiger partial charge in [0.15, 0.2) is 0 Å². The first kappa shape index (κ1) is 21.1.